The minimum atomic E-state index is -0.332. The Bertz CT molecular complexity index is 635. The lowest BCUT2D eigenvalue weighted by Gasteiger charge is -2.06. The lowest BCUT2D eigenvalue weighted by Crippen LogP contribution is -2.07. The van der Waals surface area contributed by atoms with Gasteiger partial charge in [-0.15, -0.1) is 0 Å². The molecule has 0 fully saturated rings. The van der Waals surface area contributed by atoms with E-state index in [9.17, 15) is 9.59 Å². The van der Waals surface area contributed by atoms with E-state index >= 15 is 0 Å². The smallest absolute Gasteiger partial charge is 0.248 e. The summed E-state index contributed by atoms with van der Waals surface area (Å²) in [6, 6.07) is 7.84. The van der Waals surface area contributed by atoms with E-state index in [1.807, 2.05) is 0 Å². The van der Waals surface area contributed by atoms with E-state index in [1.165, 1.54) is 6.07 Å². The molecule has 3 nitrogen and oxygen atoms in total. The molecule has 0 aliphatic carbocycles. The van der Waals surface area contributed by atoms with Crippen molar-refractivity contribution in [3.8, 4) is 11.1 Å². The van der Waals surface area contributed by atoms with Gasteiger partial charge < -0.3 is 4.98 Å². The summed E-state index contributed by atoms with van der Waals surface area (Å²) >= 11 is 11.8. The fraction of sp³-hybridized carbons (Fsp3) is 0. The second-order valence-corrected chi connectivity index (χ2v) is 4.24. The highest BCUT2D eigenvalue weighted by atomic mass is 35.5. The highest BCUT2D eigenvalue weighted by molar-refractivity contribution is 6.36. The summed E-state index contributed by atoms with van der Waals surface area (Å²) in [5.74, 6) is 0. The first kappa shape index (κ1) is 11.9. The van der Waals surface area contributed by atoms with Gasteiger partial charge in [-0.05, 0) is 18.2 Å². The zero-order chi connectivity index (χ0) is 12.4. The predicted octanol–water partition coefficient (Wildman–Crippen LogP) is 3.16. The summed E-state index contributed by atoms with van der Waals surface area (Å²) in [6.45, 7) is 0. The third-order valence-electron chi connectivity index (χ3n) is 2.29. The van der Waals surface area contributed by atoms with Crippen molar-refractivity contribution in [2.45, 2.75) is 0 Å². The van der Waals surface area contributed by atoms with Crippen LogP contribution in [0.1, 0.15) is 10.5 Å². The van der Waals surface area contributed by atoms with Gasteiger partial charge in [0.1, 0.15) is 0 Å². The number of pyridine rings is 1. The number of rotatable bonds is 2. The maximum Gasteiger partial charge on any atom is 0.248 e. The van der Waals surface area contributed by atoms with E-state index in [4.69, 9.17) is 23.2 Å². The molecule has 1 aromatic carbocycles. The molecule has 0 saturated heterocycles. The van der Waals surface area contributed by atoms with Crippen LogP contribution in [0.5, 0.6) is 0 Å². The SMILES string of the molecule is O=Cc1[nH]c(=O)ccc1-c1ccc(Cl)cc1Cl. The second-order valence-electron chi connectivity index (χ2n) is 3.39. The number of carbonyl (C=O) groups is 1. The lowest BCUT2D eigenvalue weighted by molar-refractivity contribution is 0.111. The van der Waals surface area contributed by atoms with Gasteiger partial charge in [0.15, 0.2) is 6.29 Å². The molecule has 1 aromatic heterocycles. The molecule has 0 spiro atoms. The highest BCUT2D eigenvalue weighted by Gasteiger charge is 2.09. The van der Waals surface area contributed by atoms with Gasteiger partial charge >= 0.3 is 0 Å². The number of carbonyl (C=O) groups excluding carboxylic acids is 1. The lowest BCUT2D eigenvalue weighted by atomic mass is 10.0. The Balaban J connectivity index is 2.68. The summed E-state index contributed by atoms with van der Waals surface area (Å²) in [7, 11) is 0. The van der Waals surface area contributed by atoms with Crippen molar-refractivity contribution < 1.29 is 4.79 Å². The quantitative estimate of drug-likeness (QED) is 0.850. The first-order valence-electron chi connectivity index (χ1n) is 4.76. The molecule has 2 rings (SSSR count). The summed E-state index contributed by atoms with van der Waals surface area (Å²) < 4.78 is 0. The average molecular weight is 268 g/mol. The van der Waals surface area contributed by atoms with Crippen molar-refractivity contribution in [3.05, 3.63) is 56.4 Å². The Morgan fingerprint density at radius 3 is 2.41 bits per heavy atom. The van der Waals surface area contributed by atoms with Gasteiger partial charge in [-0.3, -0.25) is 9.59 Å². The maximum atomic E-state index is 11.1. The largest absolute Gasteiger partial charge is 0.319 e. The van der Waals surface area contributed by atoms with Crippen LogP contribution in [0, 0.1) is 0 Å². The van der Waals surface area contributed by atoms with Gasteiger partial charge in [0, 0.05) is 27.2 Å². The standard InChI is InChI=1S/C12H7Cl2NO2/c13-7-1-2-8(10(14)5-7)9-3-4-12(17)15-11(9)6-16/h1-6H,(H,15,17). The first-order chi connectivity index (χ1) is 8.11. The Labute approximate surface area is 107 Å². The third-order valence-corrected chi connectivity index (χ3v) is 2.84. The van der Waals surface area contributed by atoms with Crippen molar-refractivity contribution in [1.82, 2.24) is 4.98 Å². The molecule has 0 amide bonds. The molecular weight excluding hydrogens is 261 g/mol. The molecule has 0 aliphatic heterocycles. The van der Waals surface area contributed by atoms with E-state index < -0.39 is 0 Å². The maximum absolute atomic E-state index is 11.1. The zero-order valence-electron chi connectivity index (χ0n) is 8.54. The number of H-pyrrole nitrogens is 1. The van der Waals surface area contributed by atoms with Gasteiger partial charge in [0.05, 0.1) is 5.69 Å². The molecule has 0 aliphatic rings. The van der Waals surface area contributed by atoms with Crippen LogP contribution in [0.3, 0.4) is 0 Å². The average Bonchev–Trinajstić information content (AvgIpc) is 2.30. The molecule has 1 N–H and O–H groups in total. The molecule has 0 saturated carbocycles. The van der Waals surface area contributed by atoms with Crippen LogP contribution < -0.4 is 5.56 Å². The first-order valence-corrected chi connectivity index (χ1v) is 5.51. The monoisotopic (exact) mass is 267 g/mol. The van der Waals surface area contributed by atoms with E-state index in [0.717, 1.165) is 0 Å². The van der Waals surface area contributed by atoms with Crippen LogP contribution >= 0.6 is 23.2 Å². The molecule has 17 heavy (non-hydrogen) atoms. The number of aromatic amines is 1. The van der Waals surface area contributed by atoms with Crippen molar-refractivity contribution in [1.29, 1.82) is 0 Å². The molecular formula is C12H7Cl2NO2. The number of hydrogen-bond acceptors (Lipinski definition) is 2. The molecule has 0 unspecified atom stereocenters. The Hall–Kier alpha value is -1.58. The third kappa shape index (κ3) is 2.40. The number of halogens is 2. The van der Waals surface area contributed by atoms with Crippen LogP contribution in [-0.4, -0.2) is 11.3 Å². The van der Waals surface area contributed by atoms with E-state index in [-0.39, 0.29) is 11.3 Å². The number of hydrogen-bond donors (Lipinski definition) is 1. The Kier molecular flexibility index (Phi) is 3.31. The Morgan fingerprint density at radius 2 is 1.76 bits per heavy atom. The molecule has 0 atom stereocenters. The fourth-order valence-electron chi connectivity index (χ4n) is 1.53. The zero-order valence-corrected chi connectivity index (χ0v) is 10.0. The van der Waals surface area contributed by atoms with Crippen LogP contribution in [0.4, 0.5) is 0 Å². The second kappa shape index (κ2) is 4.73. The van der Waals surface area contributed by atoms with Crippen LogP contribution in [-0.2, 0) is 0 Å². The van der Waals surface area contributed by atoms with Crippen LogP contribution in [0.25, 0.3) is 11.1 Å². The molecule has 0 bridgehead atoms. The van der Waals surface area contributed by atoms with Crippen LogP contribution in [0.15, 0.2) is 35.1 Å². The van der Waals surface area contributed by atoms with Crippen molar-refractivity contribution in [2.75, 3.05) is 0 Å². The summed E-state index contributed by atoms with van der Waals surface area (Å²) in [4.78, 5) is 24.4. The van der Waals surface area contributed by atoms with Crippen molar-refractivity contribution in [2.24, 2.45) is 0 Å². The van der Waals surface area contributed by atoms with Gasteiger partial charge in [-0.25, -0.2) is 0 Å². The van der Waals surface area contributed by atoms with Gasteiger partial charge in [-0.2, -0.15) is 0 Å². The van der Waals surface area contributed by atoms with Crippen LogP contribution in [0.2, 0.25) is 10.0 Å². The number of nitrogens with one attached hydrogen (secondary N) is 1. The number of aromatic nitrogens is 1. The molecule has 5 heteroatoms. The number of aldehydes is 1. The van der Waals surface area contributed by atoms with Gasteiger partial charge in [0.25, 0.3) is 0 Å². The van der Waals surface area contributed by atoms with E-state index in [0.29, 0.717) is 27.5 Å². The van der Waals surface area contributed by atoms with Gasteiger partial charge in [0.2, 0.25) is 5.56 Å². The van der Waals surface area contributed by atoms with E-state index in [1.54, 1.807) is 24.3 Å². The van der Waals surface area contributed by atoms with Crippen molar-refractivity contribution in [3.63, 3.8) is 0 Å². The molecule has 0 radical (unpaired) electrons. The topological polar surface area (TPSA) is 49.9 Å². The predicted molar refractivity (Wildman–Crippen MR) is 67.9 cm³/mol. The normalized spacial score (nSPS) is 10.2. The summed E-state index contributed by atoms with van der Waals surface area (Å²) in [5.41, 5.74) is 1.08. The summed E-state index contributed by atoms with van der Waals surface area (Å²) in [6.07, 6.45) is 0.585. The Morgan fingerprint density at radius 1 is 1.06 bits per heavy atom. The van der Waals surface area contributed by atoms with Gasteiger partial charge in [-0.1, -0.05) is 29.3 Å². The fourth-order valence-corrected chi connectivity index (χ4v) is 2.04. The highest BCUT2D eigenvalue weighted by Crippen LogP contribution is 2.30. The molecule has 2 aromatic rings. The minimum Gasteiger partial charge on any atom is -0.319 e. The molecule has 1 heterocycles. The van der Waals surface area contributed by atoms with Crippen molar-refractivity contribution >= 4 is 29.5 Å². The summed E-state index contributed by atoms with van der Waals surface area (Å²) in [5, 5.41) is 0.934. The minimum absolute atomic E-state index is 0.196. The van der Waals surface area contributed by atoms with E-state index in [2.05, 4.69) is 4.98 Å². The number of benzene rings is 1. The molecule has 86 valence electrons.